The number of carbonyl (C=O) groups excluding carboxylic acids is 3. The van der Waals surface area contributed by atoms with Crippen molar-refractivity contribution in [3.8, 4) is 0 Å². The summed E-state index contributed by atoms with van der Waals surface area (Å²) < 4.78 is 33.2. The van der Waals surface area contributed by atoms with Crippen LogP contribution in [0.3, 0.4) is 0 Å². The number of carbonyl (C=O) groups is 3. The lowest BCUT2D eigenvalue weighted by atomic mass is 9.93. The molecule has 3 amide bonds. The molecule has 0 radical (unpaired) electrons. The predicted octanol–water partition coefficient (Wildman–Crippen LogP) is 5.72. The lowest BCUT2D eigenvalue weighted by Gasteiger charge is -2.33. The summed E-state index contributed by atoms with van der Waals surface area (Å²) in [6.45, 7) is 6.58. The van der Waals surface area contributed by atoms with E-state index in [1.54, 1.807) is 59.5 Å². The third-order valence-corrected chi connectivity index (χ3v) is 7.99. The molecule has 1 heterocycles. The van der Waals surface area contributed by atoms with Crippen LogP contribution in [0.15, 0.2) is 83.8 Å². The number of para-hydroxylation sites is 1. The molecule has 0 unspecified atom stereocenters. The Morgan fingerprint density at radius 1 is 0.833 bits per heavy atom. The molecule has 3 aromatic rings. The zero-order valence-corrected chi connectivity index (χ0v) is 24.7. The van der Waals surface area contributed by atoms with Crippen LogP contribution in [0.1, 0.15) is 50.4 Å². The second kappa shape index (κ2) is 13.1. The van der Waals surface area contributed by atoms with Gasteiger partial charge >= 0.3 is 6.09 Å². The summed E-state index contributed by atoms with van der Waals surface area (Å²) in [6.07, 6.45) is 1.39. The number of sulfonamides is 1. The maximum Gasteiger partial charge on any atom is 0.410 e. The van der Waals surface area contributed by atoms with Gasteiger partial charge in [0.15, 0.2) is 0 Å². The van der Waals surface area contributed by atoms with E-state index in [9.17, 15) is 22.8 Å². The number of rotatable bonds is 8. The quantitative estimate of drug-likeness (QED) is 0.307. The molecule has 0 aromatic heterocycles. The Balaban J connectivity index is 1.28. The predicted molar refractivity (Wildman–Crippen MR) is 162 cm³/mol. The summed E-state index contributed by atoms with van der Waals surface area (Å²) in [4.78, 5) is 39.6. The first kappa shape index (κ1) is 30.6. The lowest BCUT2D eigenvalue weighted by Crippen LogP contribution is -2.42. The number of hydrogen-bond acceptors (Lipinski definition) is 6. The number of benzene rings is 3. The van der Waals surface area contributed by atoms with E-state index >= 15 is 0 Å². The van der Waals surface area contributed by atoms with E-state index in [0.29, 0.717) is 55.0 Å². The van der Waals surface area contributed by atoms with Crippen molar-refractivity contribution >= 4 is 45.0 Å². The maximum atomic E-state index is 12.9. The average molecular weight is 593 g/mol. The molecule has 42 heavy (non-hydrogen) atoms. The maximum absolute atomic E-state index is 12.9. The molecule has 1 aliphatic rings. The summed E-state index contributed by atoms with van der Waals surface area (Å²) in [7, 11) is -3.78. The van der Waals surface area contributed by atoms with Gasteiger partial charge in [-0.1, -0.05) is 24.3 Å². The van der Waals surface area contributed by atoms with E-state index < -0.39 is 21.5 Å². The van der Waals surface area contributed by atoms with Gasteiger partial charge in [0.25, 0.3) is 15.9 Å². The number of nitrogens with zero attached hydrogens (tertiary/aromatic N) is 1. The molecule has 1 saturated heterocycles. The topological polar surface area (TPSA) is 134 Å². The van der Waals surface area contributed by atoms with Crippen molar-refractivity contribution in [2.45, 2.75) is 50.5 Å². The van der Waals surface area contributed by atoms with Crippen LogP contribution in [-0.2, 0) is 19.6 Å². The monoisotopic (exact) mass is 592 g/mol. The highest BCUT2D eigenvalue weighted by molar-refractivity contribution is 7.92. The molecule has 3 aromatic carbocycles. The van der Waals surface area contributed by atoms with Gasteiger partial charge in [0.2, 0.25) is 5.91 Å². The first-order valence-electron chi connectivity index (χ1n) is 13.7. The van der Waals surface area contributed by atoms with Crippen LogP contribution in [0.5, 0.6) is 0 Å². The van der Waals surface area contributed by atoms with Crippen LogP contribution >= 0.6 is 0 Å². The highest BCUT2D eigenvalue weighted by Gasteiger charge is 2.28. The number of hydrogen-bond donors (Lipinski definition) is 3. The highest BCUT2D eigenvalue weighted by Crippen LogP contribution is 2.24. The highest BCUT2D eigenvalue weighted by atomic mass is 32.2. The summed E-state index contributed by atoms with van der Waals surface area (Å²) >= 11 is 0. The molecule has 0 spiro atoms. The number of ether oxygens (including phenoxy) is 1. The van der Waals surface area contributed by atoms with Crippen molar-refractivity contribution in [2.75, 3.05) is 28.4 Å². The van der Waals surface area contributed by atoms with Crippen LogP contribution in [0.25, 0.3) is 0 Å². The van der Waals surface area contributed by atoms with Crippen molar-refractivity contribution < 1.29 is 27.5 Å². The zero-order chi connectivity index (χ0) is 30.3. The van der Waals surface area contributed by atoms with Gasteiger partial charge in [-0.05, 0) is 94.1 Å². The first-order chi connectivity index (χ1) is 19.9. The van der Waals surface area contributed by atoms with Crippen LogP contribution in [-0.4, -0.2) is 49.9 Å². The molecule has 0 bridgehead atoms. The molecule has 4 rings (SSSR count). The Kier molecular flexibility index (Phi) is 9.52. The average Bonchev–Trinajstić information content (AvgIpc) is 2.93. The molecule has 0 atom stereocenters. The van der Waals surface area contributed by atoms with Gasteiger partial charge in [-0.2, -0.15) is 0 Å². The number of nitrogens with one attached hydrogen (secondary N) is 3. The summed E-state index contributed by atoms with van der Waals surface area (Å²) in [5.74, 6) is -0.423. The minimum absolute atomic E-state index is 0.0598. The number of likely N-dealkylation sites (tertiary alicyclic amines) is 1. The molecule has 1 aliphatic heterocycles. The van der Waals surface area contributed by atoms with E-state index in [-0.39, 0.29) is 22.8 Å². The molecule has 0 saturated carbocycles. The van der Waals surface area contributed by atoms with Gasteiger partial charge in [-0.3, -0.25) is 14.3 Å². The van der Waals surface area contributed by atoms with Crippen molar-refractivity contribution in [1.82, 2.24) is 4.90 Å². The second-order valence-corrected chi connectivity index (χ2v) is 12.9. The minimum Gasteiger partial charge on any atom is -0.444 e. The molecule has 11 heteroatoms. The third kappa shape index (κ3) is 8.81. The first-order valence-corrected chi connectivity index (χ1v) is 15.2. The van der Waals surface area contributed by atoms with Gasteiger partial charge in [-0.15, -0.1) is 0 Å². The van der Waals surface area contributed by atoms with Crippen molar-refractivity contribution in [2.24, 2.45) is 5.92 Å². The Morgan fingerprint density at radius 3 is 2.12 bits per heavy atom. The van der Waals surface area contributed by atoms with Crippen LogP contribution in [0.4, 0.5) is 21.9 Å². The SMILES string of the molecule is CC(C)(C)OC(=O)N1CCC(CC(=O)Nc2cccc(C(=O)Nc3ccc(S(=O)(=O)Nc4ccccc4)cc3)c2)CC1. The van der Waals surface area contributed by atoms with Gasteiger partial charge in [0.05, 0.1) is 4.90 Å². The second-order valence-electron chi connectivity index (χ2n) is 11.2. The molecule has 10 nitrogen and oxygen atoms in total. The Bertz CT molecular complexity index is 1510. The minimum atomic E-state index is -3.78. The zero-order valence-electron chi connectivity index (χ0n) is 23.9. The normalized spacial score (nSPS) is 14.1. The molecule has 222 valence electrons. The van der Waals surface area contributed by atoms with E-state index in [1.807, 2.05) is 20.8 Å². The lowest BCUT2D eigenvalue weighted by molar-refractivity contribution is -0.117. The number of anilines is 3. The van der Waals surface area contributed by atoms with E-state index in [0.717, 1.165) is 0 Å². The Morgan fingerprint density at radius 2 is 1.48 bits per heavy atom. The van der Waals surface area contributed by atoms with E-state index in [4.69, 9.17) is 4.74 Å². The molecule has 3 N–H and O–H groups in total. The molecule has 0 aliphatic carbocycles. The van der Waals surface area contributed by atoms with Crippen LogP contribution < -0.4 is 15.4 Å². The van der Waals surface area contributed by atoms with Crippen molar-refractivity contribution in [1.29, 1.82) is 0 Å². The van der Waals surface area contributed by atoms with Gasteiger partial charge in [0.1, 0.15) is 5.60 Å². The molecular formula is C31H36N4O6S. The van der Waals surface area contributed by atoms with Crippen molar-refractivity contribution in [3.05, 3.63) is 84.4 Å². The summed E-state index contributed by atoms with van der Waals surface area (Å²) in [6, 6.07) is 21.0. The van der Waals surface area contributed by atoms with E-state index in [2.05, 4.69) is 15.4 Å². The largest absolute Gasteiger partial charge is 0.444 e. The van der Waals surface area contributed by atoms with Crippen LogP contribution in [0.2, 0.25) is 0 Å². The summed E-state index contributed by atoms with van der Waals surface area (Å²) in [5, 5.41) is 5.61. The number of amides is 3. The van der Waals surface area contributed by atoms with E-state index in [1.165, 1.54) is 24.3 Å². The smallest absolute Gasteiger partial charge is 0.410 e. The van der Waals surface area contributed by atoms with Crippen LogP contribution in [0, 0.1) is 5.92 Å². The van der Waals surface area contributed by atoms with Crippen molar-refractivity contribution in [3.63, 3.8) is 0 Å². The fourth-order valence-electron chi connectivity index (χ4n) is 4.50. The van der Waals surface area contributed by atoms with Gasteiger partial charge < -0.3 is 20.3 Å². The summed E-state index contributed by atoms with van der Waals surface area (Å²) in [5.41, 5.74) is 1.15. The van der Waals surface area contributed by atoms with Gasteiger partial charge in [-0.25, -0.2) is 13.2 Å². The third-order valence-electron chi connectivity index (χ3n) is 6.60. The fraction of sp³-hybridized carbons (Fsp3) is 0.323. The Hall–Kier alpha value is -4.38. The number of piperidine rings is 1. The molecular weight excluding hydrogens is 556 g/mol. The Labute approximate surface area is 246 Å². The van der Waals surface area contributed by atoms with Gasteiger partial charge in [0, 0.05) is 42.1 Å². The fourth-order valence-corrected chi connectivity index (χ4v) is 5.56. The standard InChI is InChI=1S/C31H36N4O6S/c1-31(2,3)41-30(38)35-18-16-22(17-19-35)20-28(36)32-26-11-7-8-23(21-26)29(37)33-24-12-14-27(15-13-24)42(39,40)34-25-9-5-4-6-10-25/h4-15,21-22,34H,16-20H2,1-3H3,(H,32,36)(H,33,37). The molecule has 1 fully saturated rings.